The molecule has 1 unspecified atom stereocenters. The molecule has 0 aliphatic carbocycles. The standard InChI is InChI=1S/C11H16O2/c1-2-3-7-10-11(13-10)8-5-4-6-9-12/h4-6,8-11H,2-3,7H2,1H3/b6-4+,8-5?/t10?,11-/m1/s1. The predicted octanol–water partition coefficient (Wildman–Crippen LogP) is 2.26. The number of hydrogen-bond donors (Lipinski definition) is 0. The van der Waals surface area contributed by atoms with Gasteiger partial charge in [0.25, 0.3) is 0 Å². The van der Waals surface area contributed by atoms with Crippen LogP contribution in [0.2, 0.25) is 0 Å². The zero-order chi connectivity index (χ0) is 9.52. The van der Waals surface area contributed by atoms with Gasteiger partial charge in [-0.15, -0.1) is 0 Å². The summed E-state index contributed by atoms with van der Waals surface area (Å²) in [5.41, 5.74) is 0. The molecule has 2 atom stereocenters. The first-order chi connectivity index (χ1) is 6.38. The van der Waals surface area contributed by atoms with Crippen LogP contribution in [0.3, 0.4) is 0 Å². The smallest absolute Gasteiger partial charge is 0.142 e. The minimum atomic E-state index is 0.294. The van der Waals surface area contributed by atoms with Crippen molar-refractivity contribution in [2.75, 3.05) is 0 Å². The largest absolute Gasteiger partial charge is 0.365 e. The molecule has 0 saturated carbocycles. The van der Waals surface area contributed by atoms with Crippen molar-refractivity contribution < 1.29 is 9.53 Å². The number of allylic oxidation sites excluding steroid dienone is 3. The quantitative estimate of drug-likeness (QED) is 0.271. The molecule has 1 heterocycles. The van der Waals surface area contributed by atoms with Gasteiger partial charge in [0.05, 0.1) is 6.10 Å². The fraction of sp³-hybridized carbons (Fsp3) is 0.545. The Kier molecular flexibility index (Phi) is 4.47. The maximum Gasteiger partial charge on any atom is 0.142 e. The highest BCUT2D eigenvalue weighted by Gasteiger charge is 2.34. The van der Waals surface area contributed by atoms with Crippen molar-refractivity contribution in [3.05, 3.63) is 24.3 Å². The first-order valence-corrected chi connectivity index (χ1v) is 4.82. The van der Waals surface area contributed by atoms with E-state index in [0.717, 1.165) is 12.7 Å². The zero-order valence-corrected chi connectivity index (χ0v) is 7.98. The Labute approximate surface area is 79.3 Å². The second-order valence-electron chi connectivity index (χ2n) is 3.19. The highest BCUT2D eigenvalue weighted by atomic mass is 16.6. The predicted molar refractivity (Wildman–Crippen MR) is 52.5 cm³/mol. The average molecular weight is 180 g/mol. The lowest BCUT2D eigenvalue weighted by atomic mass is 10.1. The van der Waals surface area contributed by atoms with Gasteiger partial charge in [0.2, 0.25) is 0 Å². The molecule has 13 heavy (non-hydrogen) atoms. The van der Waals surface area contributed by atoms with E-state index in [9.17, 15) is 4.79 Å². The molecule has 1 fully saturated rings. The Morgan fingerprint density at radius 3 is 2.85 bits per heavy atom. The van der Waals surface area contributed by atoms with Crippen LogP contribution >= 0.6 is 0 Å². The summed E-state index contributed by atoms with van der Waals surface area (Å²) in [7, 11) is 0. The van der Waals surface area contributed by atoms with E-state index in [4.69, 9.17) is 4.74 Å². The SMILES string of the molecule is CCCCC1O[C@@H]1C=C/C=C/C=O. The Balaban J connectivity index is 2.09. The summed E-state index contributed by atoms with van der Waals surface area (Å²) in [5, 5.41) is 0. The third-order valence-electron chi connectivity index (χ3n) is 2.07. The van der Waals surface area contributed by atoms with Crippen molar-refractivity contribution >= 4 is 6.29 Å². The van der Waals surface area contributed by atoms with Crippen LogP contribution in [0.1, 0.15) is 26.2 Å². The zero-order valence-electron chi connectivity index (χ0n) is 7.98. The van der Waals surface area contributed by atoms with Gasteiger partial charge in [-0.05, 0) is 12.5 Å². The van der Waals surface area contributed by atoms with E-state index in [2.05, 4.69) is 6.92 Å². The first-order valence-electron chi connectivity index (χ1n) is 4.82. The van der Waals surface area contributed by atoms with Gasteiger partial charge >= 0.3 is 0 Å². The molecule has 0 aromatic heterocycles. The Morgan fingerprint density at radius 2 is 2.15 bits per heavy atom. The molecule has 1 aliphatic heterocycles. The number of ether oxygens (including phenoxy) is 1. The molecule has 1 rings (SSSR count). The van der Waals surface area contributed by atoms with Gasteiger partial charge < -0.3 is 4.74 Å². The number of epoxide rings is 1. The molecule has 72 valence electrons. The van der Waals surface area contributed by atoms with E-state index in [-0.39, 0.29) is 0 Å². The highest BCUT2D eigenvalue weighted by Crippen LogP contribution is 2.27. The molecule has 1 saturated heterocycles. The summed E-state index contributed by atoms with van der Waals surface area (Å²) in [4.78, 5) is 9.92. The van der Waals surface area contributed by atoms with Gasteiger partial charge in [-0.25, -0.2) is 0 Å². The summed E-state index contributed by atoms with van der Waals surface area (Å²) in [6.45, 7) is 2.18. The minimum Gasteiger partial charge on any atom is -0.365 e. The number of carbonyl (C=O) groups is 1. The normalized spacial score (nSPS) is 27.2. The van der Waals surface area contributed by atoms with Gasteiger partial charge in [0.1, 0.15) is 12.4 Å². The molecule has 0 aromatic rings. The second-order valence-corrected chi connectivity index (χ2v) is 3.19. The topological polar surface area (TPSA) is 29.6 Å². The summed E-state index contributed by atoms with van der Waals surface area (Å²) < 4.78 is 5.39. The Morgan fingerprint density at radius 1 is 1.31 bits per heavy atom. The van der Waals surface area contributed by atoms with Crippen LogP contribution in [0, 0.1) is 0 Å². The summed E-state index contributed by atoms with van der Waals surface area (Å²) in [5.74, 6) is 0. The summed E-state index contributed by atoms with van der Waals surface area (Å²) >= 11 is 0. The monoisotopic (exact) mass is 180 g/mol. The Bertz CT molecular complexity index is 206. The lowest BCUT2D eigenvalue weighted by molar-refractivity contribution is -0.104. The Hall–Kier alpha value is -0.890. The van der Waals surface area contributed by atoms with E-state index in [1.807, 2.05) is 12.2 Å². The maximum atomic E-state index is 9.92. The van der Waals surface area contributed by atoms with Crippen LogP contribution in [0.15, 0.2) is 24.3 Å². The van der Waals surface area contributed by atoms with Gasteiger partial charge in [0.15, 0.2) is 0 Å². The maximum absolute atomic E-state index is 9.92. The molecular weight excluding hydrogens is 164 g/mol. The third-order valence-corrected chi connectivity index (χ3v) is 2.07. The fourth-order valence-electron chi connectivity index (χ4n) is 1.25. The number of carbonyl (C=O) groups excluding carboxylic acids is 1. The van der Waals surface area contributed by atoms with Crippen LogP contribution in [-0.4, -0.2) is 18.5 Å². The van der Waals surface area contributed by atoms with Crippen LogP contribution in [-0.2, 0) is 9.53 Å². The average Bonchev–Trinajstić information content (AvgIpc) is 2.88. The first kappa shape index (κ1) is 10.2. The van der Waals surface area contributed by atoms with Crippen molar-refractivity contribution in [2.24, 2.45) is 0 Å². The van der Waals surface area contributed by atoms with E-state index in [0.29, 0.717) is 12.2 Å². The lowest BCUT2D eigenvalue weighted by Crippen LogP contribution is -1.89. The van der Waals surface area contributed by atoms with Gasteiger partial charge in [-0.3, -0.25) is 4.79 Å². The molecule has 0 spiro atoms. The number of unbranched alkanes of at least 4 members (excludes halogenated alkanes) is 1. The van der Waals surface area contributed by atoms with Gasteiger partial charge in [0, 0.05) is 0 Å². The summed E-state index contributed by atoms with van der Waals surface area (Å²) in [6.07, 6.45) is 12.2. The fourth-order valence-corrected chi connectivity index (χ4v) is 1.25. The molecule has 0 amide bonds. The molecule has 2 heteroatoms. The molecule has 0 radical (unpaired) electrons. The van der Waals surface area contributed by atoms with Crippen molar-refractivity contribution in [3.8, 4) is 0 Å². The van der Waals surface area contributed by atoms with E-state index >= 15 is 0 Å². The molecule has 1 aliphatic rings. The number of aldehydes is 1. The molecular formula is C11H16O2. The van der Waals surface area contributed by atoms with Crippen LogP contribution in [0.4, 0.5) is 0 Å². The summed E-state index contributed by atoms with van der Waals surface area (Å²) in [6, 6.07) is 0. The van der Waals surface area contributed by atoms with Crippen LogP contribution in [0.5, 0.6) is 0 Å². The van der Waals surface area contributed by atoms with E-state index in [1.54, 1.807) is 6.08 Å². The molecule has 0 bridgehead atoms. The highest BCUT2D eigenvalue weighted by molar-refractivity contribution is 5.65. The van der Waals surface area contributed by atoms with E-state index < -0.39 is 0 Å². The third kappa shape index (κ3) is 4.04. The van der Waals surface area contributed by atoms with Gasteiger partial charge in [-0.2, -0.15) is 0 Å². The van der Waals surface area contributed by atoms with Crippen molar-refractivity contribution in [1.29, 1.82) is 0 Å². The van der Waals surface area contributed by atoms with Crippen LogP contribution in [0.25, 0.3) is 0 Å². The number of rotatable bonds is 6. The second kappa shape index (κ2) is 5.70. The molecule has 0 N–H and O–H groups in total. The van der Waals surface area contributed by atoms with Crippen molar-refractivity contribution in [3.63, 3.8) is 0 Å². The van der Waals surface area contributed by atoms with E-state index in [1.165, 1.54) is 18.9 Å². The minimum absolute atomic E-state index is 0.294. The molecule has 0 aromatic carbocycles. The van der Waals surface area contributed by atoms with Crippen molar-refractivity contribution in [2.45, 2.75) is 38.4 Å². The lowest BCUT2D eigenvalue weighted by Gasteiger charge is -1.88. The molecule has 2 nitrogen and oxygen atoms in total. The van der Waals surface area contributed by atoms with Gasteiger partial charge in [-0.1, -0.05) is 38.0 Å². The van der Waals surface area contributed by atoms with Crippen LogP contribution < -0.4 is 0 Å². The number of hydrogen-bond acceptors (Lipinski definition) is 2. The van der Waals surface area contributed by atoms with Crippen molar-refractivity contribution in [1.82, 2.24) is 0 Å².